The molecule has 1 atom stereocenters. The molecule has 1 aromatic rings. The Bertz CT molecular complexity index is 375. The van der Waals surface area contributed by atoms with E-state index in [4.69, 9.17) is 16.4 Å². The highest BCUT2D eigenvalue weighted by Crippen LogP contribution is 2.10. The molecule has 2 rings (SSSR count). The summed E-state index contributed by atoms with van der Waals surface area (Å²) in [4.78, 5) is 16.8. The molecule has 2 N–H and O–H groups in total. The first-order valence-electron chi connectivity index (χ1n) is 5.64. The van der Waals surface area contributed by atoms with Crippen LogP contribution in [0.25, 0.3) is 0 Å². The number of benzene rings is 1. The van der Waals surface area contributed by atoms with E-state index >= 15 is 0 Å². The molecule has 0 aliphatic carbocycles. The third kappa shape index (κ3) is 3.70. The van der Waals surface area contributed by atoms with Gasteiger partial charge in [-0.25, -0.2) is 5.48 Å². The van der Waals surface area contributed by atoms with Crippen LogP contribution < -0.4 is 10.8 Å². The van der Waals surface area contributed by atoms with Gasteiger partial charge in [0.25, 0.3) is 5.91 Å². The van der Waals surface area contributed by atoms with E-state index in [-0.39, 0.29) is 5.91 Å². The molecular formula is C12H15ClN2O2. The van der Waals surface area contributed by atoms with Crippen LogP contribution in [0.2, 0.25) is 5.02 Å². The maximum absolute atomic E-state index is 11.6. The molecule has 1 saturated heterocycles. The third-order valence-electron chi connectivity index (χ3n) is 2.75. The maximum Gasteiger partial charge on any atom is 0.274 e. The fraction of sp³-hybridized carbons (Fsp3) is 0.417. The Morgan fingerprint density at radius 2 is 2.24 bits per heavy atom. The molecule has 5 heteroatoms. The molecule has 92 valence electrons. The first-order valence-corrected chi connectivity index (χ1v) is 6.02. The van der Waals surface area contributed by atoms with Gasteiger partial charge in [-0.05, 0) is 43.1 Å². The maximum atomic E-state index is 11.6. The number of hydrogen-bond donors (Lipinski definition) is 2. The van der Waals surface area contributed by atoms with Gasteiger partial charge in [0.2, 0.25) is 0 Å². The summed E-state index contributed by atoms with van der Waals surface area (Å²) in [5.74, 6) is 0.244. The van der Waals surface area contributed by atoms with Gasteiger partial charge < -0.3 is 5.32 Å². The molecule has 0 bridgehead atoms. The first-order chi connectivity index (χ1) is 8.25. The highest BCUT2D eigenvalue weighted by atomic mass is 35.5. The molecule has 1 heterocycles. The van der Waals surface area contributed by atoms with Gasteiger partial charge in [-0.3, -0.25) is 9.63 Å². The standard InChI is InChI=1S/C12H15ClN2O2/c13-11-3-1-10(2-4-11)12(16)15-17-8-9-5-6-14-7-9/h1-4,9,14H,5-8H2,(H,15,16). The van der Waals surface area contributed by atoms with E-state index in [1.54, 1.807) is 24.3 Å². The summed E-state index contributed by atoms with van der Waals surface area (Å²) in [5, 5.41) is 3.85. The Kier molecular flexibility index (Phi) is 4.36. The zero-order chi connectivity index (χ0) is 12.1. The Hall–Kier alpha value is -1.10. The van der Waals surface area contributed by atoms with Crippen LogP contribution >= 0.6 is 11.6 Å². The van der Waals surface area contributed by atoms with Crippen LogP contribution in [0.3, 0.4) is 0 Å². The van der Waals surface area contributed by atoms with Gasteiger partial charge in [-0.1, -0.05) is 11.6 Å². The summed E-state index contributed by atoms with van der Waals surface area (Å²) in [6, 6.07) is 6.69. The van der Waals surface area contributed by atoms with Crippen molar-refractivity contribution in [1.82, 2.24) is 10.8 Å². The summed E-state index contributed by atoms with van der Waals surface area (Å²) in [7, 11) is 0. The number of halogens is 1. The average Bonchev–Trinajstić information content (AvgIpc) is 2.83. The van der Waals surface area contributed by atoms with Crippen molar-refractivity contribution in [2.24, 2.45) is 5.92 Å². The van der Waals surface area contributed by atoms with Gasteiger partial charge in [0.05, 0.1) is 6.61 Å². The van der Waals surface area contributed by atoms with Crippen molar-refractivity contribution in [3.8, 4) is 0 Å². The topological polar surface area (TPSA) is 50.4 Å². The number of hydrogen-bond acceptors (Lipinski definition) is 3. The number of nitrogens with one attached hydrogen (secondary N) is 2. The molecular weight excluding hydrogens is 240 g/mol. The SMILES string of the molecule is O=C(NOCC1CCNC1)c1ccc(Cl)cc1. The Morgan fingerprint density at radius 3 is 2.88 bits per heavy atom. The minimum absolute atomic E-state index is 0.243. The largest absolute Gasteiger partial charge is 0.316 e. The Morgan fingerprint density at radius 1 is 1.47 bits per heavy atom. The lowest BCUT2D eigenvalue weighted by Gasteiger charge is -2.09. The van der Waals surface area contributed by atoms with Crippen LogP contribution in [0.5, 0.6) is 0 Å². The molecule has 1 aromatic carbocycles. The molecule has 4 nitrogen and oxygen atoms in total. The predicted octanol–water partition coefficient (Wildman–Crippen LogP) is 1.61. The first kappa shape index (κ1) is 12.4. The molecule has 0 radical (unpaired) electrons. The molecule has 0 spiro atoms. The average molecular weight is 255 g/mol. The molecule has 1 amide bonds. The van der Waals surface area contributed by atoms with Gasteiger partial charge >= 0.3 is 0 Å². The van der Waals surface area contributed by atoms with Gasteiger partial charge in [-0.2, -0.15) is 0 Å². The lowest BCUT2D eigenvalue weighted by Crippen LogP contribution is -2.27. The van der Waals surface area contributed by atoms with Gasteiger partial charge in [0, 0.05) is 17.1 Å². The van der Waals surface area contributed by atoms with Gasteiger partial charge in [0.15, 0.2) is 0 Å². The van der Waals surface area contributed by atoms with E-state index in [9.17, 15) is 4.79 Å². The number of amides is 1. The van der Waals surface area contributed by atoms with Crippen LogP contribution in [-0.4, -0.2) is 25.6 Å². The number of carbonyl (C=O) groups is 1. The second kappa shape index (κ2) is 6.00. The lowest BCUT2D eigenvalue weighted by atomic mass is 10.1. The van der Waals surface area contributed by atoms with E-state index in [1.807, 2.05) is 0 Å². The van der Waals surface area contributed by atoms with E-state index < -0.39 is 0 Å². The normalized spacial score (nSPS) is 19.2. The minimum Gasteiger partial charge on any atom is -0.316 e. The predicted molar refractivity (Wildman–Crippen MR) is 65.8 cm³/mol. The number of rotatable bonds is 4. The van der Waals surface area contributed by atoms with Crippen LogP contribution in [0, 0.1) is 5.92 Å². The summed E-state index contributed by atoms with van der Waals surface area (Å²) >= 11 is 5.74. The van der Waals surface area contributed by atoms with Crippen molar-refractivity contribution < 1.29 is 9.63 Å². The smallest absolute Gasteiger partial charge is 0.274 e. The van der Waals surface area contributed by atoms with E-state index in [2.05, 4.69) is 10.8 Å². The van der Waals surface area contributed by atoms with Crippen molar-refractivity contribution >= 4 is 17.5 Å². The summed E-state index contributed by atoms with van der Waals surface area (Å²) < 4.78 is 0. The second-order valence-corrected chi connectivity index (χ2v) is 4.54. The third-order valence-corrected chi connectivity index (χ3v) is 3.00. The lowest BCUT2D eigenvalue weighted by molar-refractivity contribution is 0.0188. The molecule has 1 fully saturated rings. The van der Waals surface area contributed by atoms with E-state index in [0.29, 0.717) is 23.1 Å². The fourth-order valence-corrected chi connectivity index (χ4v) is 1.87. The molecule has 17 heavy (non-hydrogen) atoms. The number of carbonyl (C=O) groups excluding carboxylic acids is 1. The van der Waals surface area contributed by atoms with Crippen LogP contribution in [0.1, 0.15) is 16.8 Å². The van der Waals surface area contributed by atoms with Crippen molar-refractivity contribution in [1.29, 1.82) is 0 Å². The minimum atomic E-state index is -0.243. The molecule has 1 unspecified atom stereocenters. The van der Waals surface area contributed by atoms with Crippen LogP contribution in [0.4, 0.5) is 0 Å². The highest BCUT2D eigenvalue weighted by Gasteiger charge is 2.15. The molecule has 1 aliphatic rings. The molecule has 1 aliphatic heterocycles. The van der Waals surface area contributed by atoms with Crippen molar-refractivity contribution in [2.45, 2.75) is 6.42 Å². The van der Waals surface area contributed by atoms with Crippen molar-refractivity contribution in [3.05, 3.63) is 34.9 Å². The van der Waals surface area contributed by atoms with E-state index in [0.717, 1.165) is 19.5 Å². The quantitative estimate of drug-likeness (QED) is 0.803. The van der Waals surface area contributed by atoms with Crippen LogP contribution in [0.15, 0.2) is 24.3 Å². The summed E-state index contributed by atoms with van der Waals surface area (Å²) in [6.45, 7) is 2.53. The Labute approximate surface area is 105 Å². The van der Waals surface area contributed by atoms with Crippen molar-refractivity contribution in [2.75, 3.05) is 19.7 Å². The number of hydroxylamine groups is 1. The van der Waals surface area contributed by atoms with E-state index in [1.165, 1.54) is 0 Å². The zero-order valence-electron chi connectivity index (χ0n) is 9.41. The zero-order valence-corrected chi connectivity index (χ0v) is 10.2. The Balaban J connectivity index is 1.75. The second-order valence-electron chi connectivity index (χ2n) is 4.11. The van der Waals surface area contributed by atoms with Crippen LogP contribution in [-0.2, 0) is 4.84 Å². The van der Waals surface area contributed by atoms with Gasteiger partial charge in [-0.15, -0.1) is 0 Å². The molecule has 0 aromatic heterocycles. The fourth-order valence-electron chi connectivity index (χ4n) is 1.74. The van der Waals surface area contributed by atoms with Gasteiger partial charge in [0.1, 0.15) is 0 Å². The summed E-state index contributed by atoms with van der Waals surface area (Å²) in [5.41, 5.74) is 2.98. The monoisotopic (exact) mass is 254 g/mol. The molecule has 0 saturated carbocycles. The summed E-state index contributed by atoms with van der Waals surface area (Å²) in [6.07, 6.45) is 1.09. The highest BCUT2D eigenvalue weighted by molar-refractivity contribution is 6.30. The van der Waals surface area contributed by atoms with Crippen molar-refractivity contribution in [3.63, 3.8) is 0 Å².